The summed E-state index contributed by atoms with van der Waals surface area (Å²) in [5.41, 5.74) is 3.50. The average Bonchev–Trinajstić information content (AvgIpc) is 3.61. The highest BCUT2D eigenvalue weighted by Gasteiger charge is 2.20. The third-order valence-electron chi connectivity index (χ3n) is 5.45. The lowest BCUT2D eigenvalue weighted by Crippen LogP contribution is -2.14. The number of hydrogen-bond donors (Lipinski definition) is 2. The second-order valence-corrected chi connectivity index (χ2v) is 7.87. The molecule has 8 nitrogen and oxygen atoms in total. The molecule has 2 amide bonds. The van der Waals surface area contributed by atoms with Crippen LogP contribution in [0.5, 0.6) is 5.75 Å². The van der Waals surface area contributed by atoms with Gasteiger partial charge in [-0.1, -0.05) is 36.4 Å². The van der Waals surface area contributed by atoms with Crippen molar-refractivity contribution in [3.8, 4) is 22.7 Å². The van der Waals surface area contributed by atoms with E-state index in [2.05, 4.69) is 10.6 Å². The van der Waals surface area contributed by atoms with Crippen molar-refractivity contribution in [2.75, 3.05) is 17.7 Å². The summed E-state index contributed by atoms with van der Waals surface area (Å²) in [5.74, 6) is 0.131. The van der Waals surface area contributed by atoms with Crippen molar-refractivity contribution in [2.45, 2.75) is 0 Å². The smallest absolute Gasteiger partial charge is 0.291 e. The summed E-state index contributed by atoms with van der Waals surface area (Å²) in [5, 5.41) is 10.4. The topological polar surface area (TPSA) is 98.4 Å². The van der Waals surface area contributed by atoms with Crippen molar-refractivity contribution < 1.29 is 18.7 Å². The summed E-state index contributed by atoms with van der Waals surface area (Å²) in [6.45, 7) is 0. The van der Waals surface area contributed by atoms with E-state index in [4.69, 9.17) is 14.3 Å². The number of nitrogens with one attached hydrogen (secondary N) is 2. The number of anilines is 2. The molecule has 2 N–H and O–H groups in total. The van der Waals surface area contributed by atoms with E-state index in [-0.39, 0.29) is 17.6 Å². The maximum Gasteiger partial charge on any atom is 0.291 e. The van der Waals surface area contributed by atoms with Gasteiger partial charge in [-0.2, -0.15) is 5.10 Å². The Bertz CT molecular complexity index is 1510. The number of amides is 2. The fraction of sp³-hybridized carbons (Fsp3) is 0.0357. The molecular formula is C28H22N4O4. The Morgan fingerprint density at radius 3 is 2.31 bits per heavy atom. The van der Waals surface area contributed by atoms with Gasteiger partial charge in [-0.3, -0.25) is 9.59 Å². The highest BCUT2D eigenvalue weighted by atomic mass is 16.5. The lowest BCUT2D eigenvalue weighted by molar-refractivity contribution is 0.0995. The Labute approximate surface area is 207 Å². The van der Waals surface area contributed by atoms with E-state index in [0.717, 1.165) is 11.3 Å². The van der Waals surface area contributed by atoms with Crippen molar-refractivity contribution in [2.24, 2.45) is 0 Å². The number of furan rings is 1. The first-order valence-corrected chi connectivity index (χ1v) is 11.2. The zero-order valence-corrected chi connectivity index (χ0v) is 19.3. The van der Waals surface area contributed by atoms with Gasteiger partial charge in [0.2, 0.25) is 0 Å². The Morgan fingerprint density at radius 2 is 1.58 bits per heavy atom. The number of carbonyl (C=O) groups excluding carboxylic acids is 2. The van der Waals surface area contributed by atoms with Crippen LogP contribution in [0.1, 0.15) is 20.9 Å². The lowest BCUT2D eigenvalue weighted by Gasteiger charge is -2.09. The minimum Gasteiger partial charge on any atom is -0.497 e. The quantitative estimate of drug-likeness (QED) is 0.315. The Kier molecular flexibility index (Phi) is 6.31. The third-order valence-corrected chi connectivity index (χ3v) is 5.45. The fourth-order valence-electron chi connectivity index (χ4n) is 3.71. The van der Waals surface area contributed by atoms with Crippen LogP contribution in [0, 0.1) is 0 Å². The van der Waals surface area contributed by atoms with Gasteiger partial charge in [-0.25, -0.2) is 4.68 Å². The minimum atomic E-state index is -0.382. The number of para-hydroxylation sites is 1. The number of nitrogens with zero attached hydrogens (tertiary/aromatic N) is 2. The predicted molar refractivity (Wildman–Crippen MR) is 137 cm³/mol. The van der Waals surface area contributed by atoms with Gasteiger partial charge in [0, 0.05) is 23.1 Å². The summed E-state index contributed by atoms with van der Waals surface area (Å²) >= 11 is 0. The van der Waals surface area contributed by atoms with Crippen LogP contribution in [0.25, 0.3) is 16.9 Å². The molecule has 0 radical (unpaired) electrons. The second kappa shape index (κ2) is 10.0. The molecule has 3 aromatic carbocycles. The van der Waals surface area contributed by atoms with Crippen LogP contribution in [-0.2, 0) is 0 Å². The lowest BCUT2D eigenvalue weighted by atomic mass is 10.1. The number of aromatic nitrogens is 2. The first kappa shape index (κ1) is 22.7. The van der Waals surface area contributed by atoms with Crippen LogP contribution in [-0.4, -0.2) is 28.7 Å². The zero-order valence-electron chi connectivity index (χ0n) is 19.3. The first-order chi connectivity index (χ1) is 17.6. The molecule has 178 valence electrons. The van der Waals surface area contributed by atoms with Crippen molar-refractivity contribution >= 4 is 23.2 Å². The molecule has 0 fully saturated rings. The van der Waals surface area contributed by atoms with Gasteiger partial charge in [-0.05, 0) is 54.6 Å². The van der Waals surface area contributed by atoms with Crippen LogP contribution in [0.2, 0.25) is 0 Å². The summed E-state index contributed by atoms with van der Waals surface area (Å²) < 4.78 is 12.2. The monoisotopic (exact) mass is 478 g/mol. The van der Waals surface area contributed by atoms with Crippen molar-refractivity contribution in [1.82, 2.24) is 9.78 Å². The predicted octanol–water partition coefficient (Wildman–Crippen LogP) is 5.65. The SMILES string of the molecule is COc1cccc(-c2nn(-c3ccccc3)cc2C(=O)Nc2cccc(NC(=O)c3ccco3)c2)c1. The molecule has 0 bridgehead atoms. The molecule has 0 aliphatic heterocycles. The van der Waals surface area contributed by atoms with Crippen molar-refractivity contribution in [3.05, 3.63) is 115 Å². The molecule has 5 aromatic rings. The first-order valence-electron chi connectivity index (χ1n) is 11.2. The average molecular weight is 479 g/mol. The standard InChI is InChI=1S/C28H22N4O4/c1-35-23-13-5-8-19(16-23)26-24(18-32(31-26)22-11-3-2-4-12-22)27(33)29-20-9-6-10-21(17-20)30-28(34)25-14-7-15-36-25/h2-18H,1H3,(H,29,33)(H,30,34). The molecule has 5 rings (SSSR count). The third kappa shape index (κ3) is 4.88. The number of carbonyl (C=O) groups is 2. The number of methoxy groups -OCH3 is 1. The molecule has 0 saturated carbocycles. The molecule has 0 spiro atoms. The van der Waals surface area contributed by atoms with Crippen LogP contribution in [0.3, 0.4) is 0 Å². The van der Waals surface area contributed by atoms with E-state index in [1.54, 1.807) is 54.4 Å². The summed E-state index contributed by atoms with van der Waals surface area (Å²) in [6.07, 6.45) is 3.13. The number of hydrogen-bond acceptors (Lipinski definition) is 5. The largest absolute Gasteiger partial charge is 0.497 e. The van der Waals surface area contributed by atoms with Gasteiger partial charge >= 0.3 is 0 Å². The molecule has 0 saturated heterocycles. The Balaban J connectivity index is 1.45. The van der Waals surface area contributed by atoms with E-state index < -0.39 is 0 Å². The fourth-order valence-corrected chi connectivity index (χ4v) is 3.71. The van der Waals surface area contributed by atoms with Crippen LogP contribution < -0.4 is 15.4 Å². The van der Waals surface area contributed by atoms with E-state index in [1.807, 2.05) is 54.6 Å². The van der Waals surface area contributed by atoms with Gasteiger partial charge in [0.25, 0.3) is 11.8 Å². The van der Waals surface area contributed by atoms with Crippen molar-refractivity contribution in [3.63, 3.8) is 0 Å². The summed E-state index contributed by atoms with van der Waals surface area (Å²) in [4.78, 5) is 25.7. The molecule has 2 aromatic heterocycles. The zero-order chi connectivity index (χ0) is 24.9. The molecule has 0 atom stereocenters. The second-order valence-electron chi connectivity index (χ2n) is 7.87. The van der Waals surface area contributed by atoms with Gasteiger partial charge in [-0.15, -0.1) is 0 Å². The summed E-state index contributed by atoms with van der Waals surface area (Å²) in [6, 6.07) is 27.0. The van der Waals surface area contributed by atoms with E-state index in [9.17, 15) is 9.59 Å². The van der Waals surface area contributed by atoms with E-state index in [0.29, 0.717) is 28.4 Å². The molecule has 0 aliphatic rings. The maximum atomic E-state index is 13.4. The van der Waals surface area contributed by atoms with Crippen LogP contribution >= 0.6 is 0 Å². The molecule has 0 aliphatic carbocycles. The van der Waals surface area contributed by atoms with E-state index >= 15 is 0 Å². The normalized spacial score (nSPS) is 10.6. The van der Waals surface area contributed by atoms with Gasteiger partial charge in [0.15, 0.2) is 5.76 Å². The number of ether oxygens (including phenoxy) is 1. The maximum absolute atomic E-state index is 13.4. The van der Waals surface area contributed by atoms with Crippen molar-refractivity contribution in [1.29, 1.82) is 0 Å². The number of benzene rings is 3. The van der Waals surface area contributed by atoms with Gasteiger partial charge in [0.1, 0.15) is 11.4 Å². The molecule has 36 heavy (non-hydrogen) atoms. The van der Waals surface area contributed by atoms with Crippen LogP contribution in [0.4, 0.5) is 11.4 Å². The van der Waals surface area contributed by atoms with E-state index in [1.165, 1.54) is 6.26 Å². The minimum absolute atomic E-state index is 0.195. The van der Waals surface area contributed by atoms with Crippen LogP contribution in [0.15, 0.2) is 108 Å². The highest BCUT2D eigenvalue weighted by Crippen LogP contribution is 2.28. The molecule has 2 heterocycles. The Hall–Kier alpha value is -5.11. The molecule has 8 heteroatoms. The molecular weight excluding hydrogens is 456 g/mol. The highest BCUT2D eigenvalue weighted by molar-refractivity contribution is 6.08. The Morgan fingerprint density at radius 1 is 0.833 bits per heavy atom. The van der Waals surface area contributed by atoms with Gasteiger partial charge < -0.3 is 19.8 Å². The van der Waals surface area contributed by atoms with Gasteiger partial charge in [0.05, 0.1) is 24.6 Å². The number of rotatable bonds is 7. The molecule has 0 unspecified atom stereocenters. The summed E-state index contributed by atoms with van der Waals surface area (Å²) in [7, 11) is 1.59.